The highest BCUT2D eigenvalue weighted by atomic mass is 32.2. The summed E-state index contributed by atoms with van der Waals surface area (Å²) in [6, 6.07) is 0. The van der Waals surface area contributed by atoms with Crippen LogP contribution >= 0.6 is 0 Å². The Labute approximate surface area is 112 Å². The van der Waals surface area contributed by atoms with Gasteiger partial charge in [0.25, 0.3) is 0 Å². The Morgan fingerprint density at radius 2 is 2.05 bits per heavy atom. The molecular weight excluding hydrogens is 274 g/mol. The highest BCUT2D eigenvalue weighted by Crippen LogP contribution is 2.20. The highest BCUT2D eigenvalue weighted by Gasteiger charge is 2.45. The molecule has 0 saturated carbocycles. The van der Waals surface area contributed by atoms with E-state index in [-0.39, 0.29) is 13.1 Å². The first-order valence-electron chi connectivity index (χ1n) is 5.87. The Morgan fingerprint density at radius 3 is 2.58 bits per heavy atom. The molecule has 0 spiro atoms. The van der Waals surface area contributed by atoms with E-state index in [0.29, 0.717) is 0 Å². The summed E-state index contributed by atoms with van der Waals surface area (Å²) >= 11 is 0. The average molecular weight is 293 g/mol. The molecule has 0 unspecified atom stereocenters. The van der Waals surface area contributed by atoms with Crippen LogP contribution < -0.4 is 10.0 Å². The molecule has 9 heteroatoms. The first-order chi connectivity index (χ1) is 8.57. The first kappa shape index (κ1) is 15.7. The van der Waals surface area contributed by atoms with E-state index >= 15 is 0 Å². The zero-order valence-electron chi connectivity index (χ0n) is 11.4. The molecule has 1 heterocycles. The fourth-order valence-corrected chi connectivity index (χ4v) is 3.08. The topological polar surface area (TPSA) is 105 Å². The first-order valence-corrected chi connectivity index (χ1v) is 7.31. The van der Waals surface area contributed by atoms with E-state index in [1.54, 1.807) is 18.6 Å². The lowest BCUT2D eigenvalue weighted by atomic mass is 10.0. The number of nitrogens with zero attached hydrogens (tertiary/aromatic N) is 1. The molecule has 0 aromatic carbocycles. The van der Waals surface area contributed by atoms with Crippen LogP contribution in [0.2, 0.25) is 0 Å². The number of carbonyl (C=O) groups is 2. The quantitative estimate of drug-likeness (QED) is 0.735. The lowest BCUT2D eigenvalue weighted by molar-refractivity contribution is -0.131. The van der Waals surface area contributed by atoms with Crippen molar-refractivity contribution < 1.29 is 22.7 Å². The maximum absolute atomic E-state index is 12.1. The van der Waals surface area contributed by atoms with Gasteiger partial charge in [-0.15, -0.1) is 0 Å². The minimum atomic E-state index is -4.12. The van der Waals surface area contributed by atoms with Crippen LogP contribution in [0.4, 0.5) is 4.79 Å². The molecule has 0 atom stereocenters. The lowest BCUT2D eigenvalue weighted by Crippen LogP contribution is -2.65. The second kappa shape index (κ2) is 5.33. The fraction of sp³-hybridized carbons (Fsp3) is 0.800. The van der Waals surface area contributed by atoms with Crippen molar-refractivity contribution >= 4 is 22.2 Å². The van der Waals surface area contributed by atoms with Crippen LogP contribution in [0.3, 0.4) is 0 Å². The van der Waals surface area contributed by atoms with Gasteiger partial charge in [0.15, 0.2) is 0 Å². The standard InChI is InChI=1S/C10H19N3O5S/c1-7(2)18-9(15)12-19(16,17)13-6-5-11-8(14)10(13,3)4/h7H,5-6H2,1-4H3,(H,11,14)(H,12,15). The van der Waals surface area contributed by atoms with Crippen LogP contribution in [0, 0.1) is 0 Å². The van der Waals surface area contributed by atoms with Gasteiger partial charge in [0.2, 0.25) is 5.91 Å². The number of hydrogen-bond donors (Lipinski definition) is 2. The van der Waals surface area contributed by atoms with E-state index < -0.39 is 33.9 Å². The van der Waals surface area contributed by atoms with Crippen molar-refractivity contribution in [2.24, 2.45) is 0 Å². The zero-order chi connectivity index (χ0) is 14.8. The minimum absolute atomic E-state index is 0.0863. The average Bonchev–Trinajstić information content (AvgIpc) is 2.19. The van der Waals surface area contributed by atoms with Crippen molar-refractivity contribution in [1.82, 2.24) is 14.3 Å². The third kappa shape index (κ3) is 3.57. The predicted molar refractivity (Wildman–Crippen MR) is 67.5 cm³/mol. The van der Waals surface area contributed by atoms with E-state index in [4.69, 9.17) is 4.74 Å². The van der Waals surface area contributed by atoms with Crippen LogP contribution in [0.25, 0.3) is 0 Å². The molecule has 19 heavy (non-hydrogen) atoms. The van der Waals surface area contributed by atoms with Gasteiger partial charge in [0, 0.05) is 13.1 Å². The Hall–Kier alpha value is -1.35. The van der Waals surface area contributed by atoms with E-state index in [2.05, 4.69) is 5.32 Å². The number of amides is 2. The largest absolute Gasteiger partial charge is 0.446 e. The van der Waals surface area contributed by atoms with Crippen molar-refractivity contribution in [1.29, 1.82) is 0 Å². The third-order valence-electron chi connectivity index (χ3n) is 2.62. The van der Waals surface area contributed by atoms with Crippen LogP contribution in [0.5, 0.6) is 0 Å². The van der Waals surface area contributed by atoms with Crippen molar-refractivity contribution in [3.05, 3.63) is 0 Å². The van der Waals surface area contributed by atoms with Crippen LogP contribution in [0.15, 0.2) is 0 Å². The van der Waals surface area contributed by atoms with E-state index in [0.717, 1.165) is 4.31 Å². The molecule has 0 radical (unpaired) electrons. The SMILES string of the molecule is CC(C)OC(=O)NS(=O)(=O)N1CCNC(=O)C1(C)C. The second-order valence-electron chi connectivity index (χ2n) is 4.95. The maximum Gasteiger partial charge on any atom is 0.422 e. The van der Waals surface area contributed by atoms with E-state index in [1.807, 2.05) is 0 Å². The number of carbonyl (C=O) groups excluding carboxylic acids is 2. The zero-order valence-corrected chi connectivity index (χ0v) is 12.2. The number of piperazine rings is 1. The molecule has 0 bridgehead atoms. The summed E-state index contributed by atoms with van der Waals surface area (Å²) in [6.45, 7) is 6.42. The predicted octanol–water partition coefficient (Wildman–Crippen LogP) is -0.424. The second-order valence-corrected chi connectivity index (χ2v) is 6.54. The summed E-state index contributed by atoms with van der Waals surface area (Å²) in [4.78, 5) is 23.0. The van der Waals surface area contributed by atoms with Crippen molar-refractivity contribution in [2.75, 3.05) is 13.1 Å². The smallest absolute Gasteiger partial charge is 0.422 e. The van der Waals surface area contributed by atoms with Crippen molar-refractivity contribution in [2.45, 2.75) is 39.3 Å². The minimum Gasteiger partial charge on any atom is -0.446 e. The third-order valence-corrected chi connectivity index (χ3v) is 4.27. The fourth-order valence-electron chi connectivity index (χ4n) is 1.70. The summed E-state index contributed by atoms with van der Waals surface area (Å²) in [5.74, 6) is -0.415. The molecule has 1 aliphatic heterocycles. The molecule has 1 fully saturated rings. The van der Waals surface area contributed by atoms with Gasteiger partial charge in [-0.25, -0.2) is 9.52 Å². The summed E-state index contributed by atoms with van der Waals surface area (Å²) in [5, 5.41) is 2.57. The Bertz CT molecular complexity index is 472. The normalized spacial score (nSPS) is 19.9. The van der Waals surface area contributed by atoms with Gasteiger partial charge < -0.3 is 10.1 Å². The van der Waals surface area contributed by atoms with Crippen molar-refractivity contribution in [3.63, 3.8) is 0 Å². The monoisotopic (exact) mass is 293 g/mol. The number of nitrogens with one attached hydrogen (secondary N) is 2. The van der Waals surface area contributed by atoms with Gasteiger partial charge in [-0.3, -0.25) is 4.79 Å². The van der Waals surface area contributed by atoms with Gasteiger partial charge in [-0.1, -0.05) is 0 Å². The Kier molecular flexibility index (Phi) is 4.41. The molecule has 2 amide bonds. The molecule has 8 nitrogen and oxygen atoms in total. The molecule has 1 aliphatic rings. The van der Waals surface area contributed by atoms with Gasteiger partial charge in [0.05, 0.1) is 6.10 Å². The Balaban J connectivity index is 2.88. The summed E-state index contributed by atoms with van der Waals surface area (Å²) in [6.07, 6.45) is -1.50. The maximum atomic E-state index is 12.1. The molecule has 0 aromatic heterocycles. The molecule has 1 saturated heterocycles. The molecular formula is C10H19N3O5S. The summed E-state index contributed by atoms with van der Waals surface area (Å²) in [5.41, 5.74) is -1.26. The molecule has 0 aromatic rings. The molecule has 110 valence electrons. The molecule has 2 N–H and O–H groups in total. The van der Waals surface area contributed by atoms with Gasteiger partial charge in [-0.05, 0) is 27.7 Å². The Morgan fingerprint density at radius 1 is 1.47 bits per heavy atom. The molecule has 1 rings (SSSR count). The lowest BCUT2D eigenvalue weighted by Gasteiger charge is -2.39. The number of hydrogen-bond acceptors (Lipinski definition) is 5. The number of ether oxygens (including phenoxy) is 1. The highest BCUT2D eigenvalue weighted by molar-refractivity contribution is 7.87. The van der Waals surface area contributed by atoms with Gasteiger partial charge in [-0.2, -0.15) is 12.7 Å². The van der Waals surface area contributed by atoms with Crippen molar-refractivity contribution in [3.8, 4) is 0 Å². The summed E-state index contributed by atoms with van der Waals surface area (Å²) < 4.78 is 31.6. The van der Waals surface area contributed by atoms with Gasteiger partial charge >= 0.3 is 16.3 Å². The van der Waals surface area contributed by atoms with E-state index in [1.165, 1.54) is 13.8 Å². The van der Waals surface area contributed by atoms with Gasteiger partial charge in [0.1, 0.15) is 5.54 Å². The van der Waals surface area contributed by atoms with Crippen LogP contribution in [0.1, 0.15) is 27.7 Å². The van der Waals surface area contributed by atoms with Crippen LogP contribution in [-0.2, 0) is 19.7 Å². The van der Waals surface area contributed by atoms with E-state index in [9.17, 15) is 18.0 Å². The molecule has 0 aliphatic carbocycles. The number of rotatable bonds is 3. The summed E-state index contributed by atoms with van der Waals surface area (Å²) in [7, 11) is -4.12. The van der Waals surface area contributed by atoms with Crippen LogP contribution in [-0.4, -0.2) is 49.5 Å².